The minimum atomic E-state index is -0.392. The molecule has 27 heavy (non-hydrogen) atoms. The molecule has 0 spiro atoms. The van der Waals surface area contributed by atoms with Crippen LogP contribution in [0.4, 0.5) is 0 Å². The Morgan fingerprint density at radius 1 is 1.22 bits per heavy atom. The summed E-state index contributed by atoms with van der Waals surface area (Å²) in [6.07, 6.45) is 1.39. The van der Waals surface area contributed by atoms with Crippen LogP contribution < -0.4 is 0 Å². The van der Waals surface area contributed by atoms with Gasteiger partial charge >= 0.3 is 0 Å². The molecule has 7 heteroatoms. The summed E-state index contributed by atoms with van der Waals surface area (Å²) in [6.45, 7) is 4.70. The molecule has 2 aromatic heterocycles. The van der Waals surface area contributed by atoms with E-state index in [2.05, 4.69) is 29.2 Å². The monoisotopic (exact) mass is 365 g/mol. The van der Waals surface area contributed by atoms with Crippen molar-refractivity contribution in [3.05, 3.63) is 53.5 Å². The highest BCUT2D eigenvalue weighted by Gasteiger charge is 2.35. The zero-order valence-electron chi connectivity index (χ0n) is 15.8. The SMILES string of the molecule is CC(C)Cc1cc(-c2nnc3n2[C@@H](Cc2ccccc2)C(=O)N(C)C3)no1. The van der Waals surface area contributed by atoms with E-state index in [-0.39, 0.29) is 5.91 Å². The fourth-order valence-electron chi connectivity index (χ4n) is 3.52. The van der Waals surface area contributed by atoms with Crippen LogP contribution in [0.1, 0.15) is 37.0 Å². The number of carbonyl (C=O) groups is 1. The van der Waals surface area contributed by atoms with Gasteiger partial charge in [0, 0.05) is 26.0 Å². The van der Waals surface area contributed by atoms with E-state index in [0.29, 0.717) is 30.4 Å². The second kappa shape index (κ2) is 6.98. The summed E-state index contributed by atoms with van der Waals surface area (Å²) in [5.41, 5.74) is 1.72. The van der Waals surface area contributed by atoms with Gasteiger partial charge < -0.3 is 9.42 Å². The van der Waals surface area contributed by atoms with Crippen molar-refractivity contribution in [3.8, 4) is 11.5 Å². The largest absolute Gasteiger partial charge is 0.361 e. The molecule has 3 heterocycles. The predicted octanol–water partition coefficient (Wildman–Crippen LogP) is 2.89. The van der Waals surface area contributed by atoms with Gasteiger partial charge in [-0.15, -0.1) is 10.2 Å². The molecule has 1 atom stereocenters. The number of hydrogen-bond donors (Lipinski definition) is 0. The van der Waals surface area contributed by atoms with Gasteiger partial charge in [0.2, 0.25) is 5.91 Å². The fourth-order valence-corrected chi connectivity index (χ4v) is 3.52. The highest BCUT2D eigenvalue weighted by molar-refractivity contribution is 5.82. The summed E-state index contributed by atoms with van der Waals surface area (Å²) >= 11 is 0. The molecule has 4 rings (SSSR count). The molecule has 0 unspecified atom stereocenters. The molecule has 0 fully saturated rings. The van der Waals surface area contributed by atoms with E-state index >= 15 is 0 Å². The number of carbonyl (C=O) groups excluding carboxylic acids is 1. The Morgan fingerprint density at radius 2 is 2.00 bits per heavy atom. The van der Waals surface area contributed by atoms with Crippen LogP contribution in [0.5, 0.6) is 0 Å². The number of fused-ring (bicyclic) bond motifs is 1. The standard InChI is InChI=1S/C20H23N5O2/c1-13(2)9-15-11-16(23-27-15)19-22-21-18-12-24(3)20(26)17(25(18)19)10-14-7-5-4-6-8-14/h4-8,11,13,17H,9-10,12H2,1-3H3/t17-/m0/s1. The molecule has 3 aromatic rings. The first-order valence-corrected chi connectivity index (χ1v) is 9.21. The van der Waals surface area contributed by atoms with Gasteiger partial charge in [0.25, 0.3) is 0 Å². The maximum atomic E-state index is 12.9. The quantitative estimate of drug-likeness (QED) is 0.695. The maximum Gasteiger partial charge on any atom is 0.246 e. The molecule has 1 amide bonds. The molecule has 140 valence electrons. The summed E-state index contributed by atoms with van der Waals surface area (Å²) in [5.74, 6) is 2.70. The molecule has 0 bridgehead atoms. The number of likely N-dealkylation sites (N-methyl/N-ethyl adjacent to an activating group) is 1. The van der Waals surface area contributed by atoms with Gasteiger partial charge in [-0.3, -0.25) is 9.36 Å². The van der Waals surface area contributed by atoms with E-state index in [9.17, 15) is 4.79 Å². The van der Waals surface area contributed by atoms with Crippen LogP contribution in [0.15, 0.2) is 40.9 Å². The smallest absolute Gasteiger partial charge is 0.246 e. The highest BCUT2D eigenvalue weighted by Crippen LogP contribution is 2.30. The molecule has 7 nitrogen and oxygen atoms in total. The summed E-state index contributed by atoms with van der Waals surface area (Å²) in [6, 6.07) is 11.5. The normalized spacial score (nSPS) is 16.8. The van der Waals surface area contributed by atoms with Crippen molar-refractivity contribution in [2.45, 2.75) is 39.3 Å². The number of amides is 1. The molecular formula is C20H23N5O2. The third-order valence-electron chi connectivity index (χ3n) is 4.79. The first-order chi connectivity index (χ1) is 13.0. The molecule has 0 saturated heterocycles. The minimum Gasteiger partial charge on any atom is -0.361 e. The number of hydrogen-bond acceptors (Lipinski definition) is 5. The number of benzene rings is 1. The topological polar surface area (TPSA) is 77.1 Å². The van der Waals surface area contributed by atoms with E-state index in [1.54, 1.807) is 11.9 Å². The molecule has 0 N–H and O–H groups in total. The number of nitrogens with zero attached hydrogens (tertiary/aromatic N) is 5. The summed E-state index contributed by atoms with van der Waals surface area (Å²) in [4.78, 5) is 14.6. The lowest BCUT2D eigenvalue weighted by molar-refractivity contribution is -0.135. The molecule has 0 saturated carbocycles. The van der Waals surface area contributed by atoms with E-state index in [1.807, 2.05) is 41.0 Å². The zero-order chi connectivity index (χ0) is 19.0. The van der Waals surface area contributed by atoms with E-state index in [0.717, 1.165) is 23.6 Å². The van der Waals surface area contributed by atoms with Crippen molar-refractivity contribution in [2.24, 2.45) is 5.92 Å². The van der Waals surface area contributed by atoms with Crippen molar-refractivity contribution in [2.75, 3.05) is 7.05 Å². The van der Waals surface area contributed by atoms with Crippen LogP contribution in [-0.2, 0) is 24.2 Å². The summed E-state index contributed by atoms with van der Waals surface area (Å²) < 4.78 is 7.39. The number of aromatic nitrogens is 4. The van der Waals surface area contributed by atoms with Crippen molar-refractivity contribution in [1.29, 1.82) is 0 Å². The molecule has 1 aliphatic heterocycles. The summed E-state index contributed by atoms with van der Waals surface area (Å²) in [7, 11) is 1.80. The van der Waals surface area contributed by atoms with Gasteiger partial charge in [-0.1, -0.05) is 49.3 Å². The van der Waals surface area contributed by atoms with Crippen molar-refractivity contribution < 1.29 is 9.32 Å². The van der Waals surface area contributed by atoms with Crippen LogP contribution in [0.3, 0.4) is 0 Å². The molecule has 1 aromatic carbocycles. The third-order valence-corrected chi connectivity index (χ3v) is 4.79. The Labute approximate surface area is 158 Å². The molecule has 0 radical (unpaired) electrons. The lowest BCUT2D eigenvalue weighted by Crippen LogP contribution is -2.41. The van der Waals surface area contributed by atoms with E-state index in [4.69, 9.17) is 4.52 Å². The highest BCUT2D eigenvalue weighted by atomic mass is 16.5. The van der Waals surface area contributed by atoms with Gasteiger partial charge in [0.05, 0.1) is 6.54 Å². The van der Waals surface area contributed by atoms with Gasteiger partial charge in [-0.25, -0.2) is 0 Å². The van der Waals surface area contributed by atoms with Crippen LogP contribution in [0.25, 0.3) is 11.5 Å². The second-order valence-electron chi connectivity index (χ2n) is 7.49. The Bertz CT molecular complexity index is 944. The van der Waals surface area contributed by atoms with Gasteiger partial charge in [-0.05, 0) is 11.5 Å². The average Bonchev–Trinajstić information content (AvgIpc) is 3.26. The lowest BCUT2D eigenvalue weighted by Gasteiger charge is -2.31. The summed E-state index contributed by atoms with van der Waals surface area (Å²) in [5, 5.41) is 12.8. The Morgan fingerprint density at radius 3 is 2.74 bits per heavy atom. The van der Waals surface area contributed by atoms with Gasteiger partial charge in [0.1, 0.15) is 11.8 Å². The average molecular weight is 365 g/mol. The Kier molecular flexibility index (Phi) is 4.51. The second-order valence-corrected chi connectivity index (χ2v) is 7.49. The maximum absolute atomic E-state index is 12.9. The first kappa shape index (κ1) is 17.5. The predicted molar refractivity (Wildman–Crippen MR) is 99.7 cm³/mol. The zero-order valence-corrected chi connectivity index (χ0v) is 15.8. The van der Waals surface area contributed by atoms with Crippen LogP contribution in [0.2, 0.25) is 0 Å². The third kappa shape index (κ3) is 3.37. The van der Waals surface area contributed by atoms with Gasteiger partial charge in [-0.2, -0.15) is 0 Å². The van der Waals surface area contributed by atoms with Crippen molar-refractivity contribution in [1.82, 2.24) is 24.8 Å². The van der Waals surface area contributed by atoms with E-state index < -0.39 is 6.04 Å². The minimum absolute atomic E-state index is 0.0540. The first-order valence-electron chi connectivity index (χ1n) is 9.21. The molecule has 0 aliphatic carbocycles. The Hall–Kier alpha value is -2.96. The van der Waals surface area contributed by atoms with Crippen molar-refractivity contribution >= 4 is 5.91 Å². The fraction of sp³-hybridized carbons (Fsp3) is 0.400. The van der Waals surface area contributed by atoms with Crippen molar-refractivity contribution in [3.63, 3.8) is 0 Å². The number of rotatable bonds is 5. The van der Waals surface area contributed by atoms with Crippen LogP contribution in [-0.4, -0.2) is 37.8 Å². The van der Waals surface area contributed by atoms with Crippen LogP contribution >= 0.6 is 0 Å². The molecule has 1 aliphatic rings. The molecular weight excluding hydrogens is 342 g/mol. The Balaban J connectivity index is 1.73. The van der Waals surface area contributed by atoms with Crippen LogP contribution in [0, 0.1) is 5.92 Å². The van der Waals surface area contributed by atoms with E-state index in [1.165, 1.54) is 0 Å². The van der Waals surface area contributed by atoms with Gasteiger partial charge in [0.15, 0.2) is 17.3 Å². The lowest BCUT2D eigenvalue weighted by atomic mass is 10.0.